The van der Waals surface area contributed by atoms with E-state index in [1.807, 2.05) is 0 Å². The van der Waals surface area contributed by atoms with Gasteiger partial charge in [0.2, 0.25) is 5.91 Å². The molecule has 1 aliphatic heterocycles. The molecule has 20 heavy (non-hydrogen) atoms. The molecule has 4 nitrogen and oxygen atoms in total. The van der Waals surface area contributed by atoms with Gasteiger partial charge in [0.15, 0.2) is 0 Å². The quantitative estimate of drug-likeness (QED) is 0.874. The number of alkyl halides is 2. The zero-order valence-electron chi connectivity index (χ0n) is 10.8. The number of ether oxygens (including phenoxy) is 1. The summed E-state index contributed by atoms with van der Waals surface area (Å²) in [7, 11) is 0. The lowest BCUT2D eigenvalue weighted by Crippen LogP contribution is -2.31. The third-order valence-electron chi connectivity index (χ3n) is 3.02. The number of amides is 1. The average Bonchev–Trinajstić information content (AvgIpc) is 2.89. The molecular weight excluding hydrogens is 290 g/mol. The van der Waals surface area contributed by atoms with Crippen molar-refractivity contribution in [3.8, 4) is 5.75 Å². The van der Waals surface area contributed by atoms with Crippen molar-refractivity contribution in [1.82, 2.24) is 10.6 Å². The normalized spacial score (nSPS) is 17.6. The van der Waals surface area contributed by atoms with Crippen LogP contribution >= 0.6 is 12.4 Å². The van der Waals surface area contributed by atoms with Crippen molar-refractivity contribution in [2.45, 2.75) is 19.6 Å². The minimum Gasteiger partial charge on any atom is -0.435 e. The molecule has 0 aliphatic carbocycles. The first-order valence-electron chi connectivity index (χ1n) is 6.17. The van der Waals surface area contributed by atoms with Crippen molar-refractivity contribution in [3.05, 3.63) is 29.8 Å². The molecule has 1 aromatic carbocycles. The molecule has 0 bridgehead atoms. The molecule has 1 aromatic rings. The molecule has 0 radical (unpaired) electrons. The summed E-state index contributed by atoms with van der Waals surface area (Å²) in [6.45, 7) is -0.972. The van der Waals surface area contributed by atoms with Crippen molar-refractivity contribution >= 4 is 18.3 Å². The van der Waals surface area contributed by atoms with Gasteiger partial charge in [-0.25, -0.2) is 0 Å². The van der Waals surface area contributed by atoms with Crippen LogP contribution in [-0.2, 0) is 11.3 Å². The molecule has 2 rings (SSSR count). The van der Waals surface area contributed by atoms with E-state index in [0.717, 1.165) is 18.5 Å². The van der Waals surface area contributed by atoms with Gasteiger partial charge in [0.25, 0.3) is 0 Å². The monoisotopic (exact) mass is 306 g/mol. The largest absolute Gasteiger partial charge is 0.435 e. The molecule has 112 valence electrons. The number of carbonyl (C=O) groups is 1. The van der Waals surface area contributed by atoms with Gasteiger partial charge in [-0.05, 0) is 30.7 Å². The third kappa shape index (κ3) is 4.94. The number of hydrogen-bond donors (Lipinski definition) is 2. The van der Waals surface area contributed by atoms with Gasteiger partial charge in [0.1, 0.15) is 5.75 Å². The van der Waals surface area contributed by atoms with Crippen molar-refractivity contribution in [2.75, 3.05) is 13.1 Å². The van der Waals surface area contributed by atoms with Gasteiger partial charge < -0.3 is 15.4 Å². The van der Waals surface area contributed by atoms with Crippen molar-refractivity contribution in [3.63, 3.8) is 0 Å². The van der Waals surface area contributed by atoms with Crippen LogP contribution in [0.4, 0.5) is 8.78 Å². The highest BCUT2D eigenvalue weighted by Gasteiger charge is 2.21. The lowest BCUT2D eigenvalue weighted by Gasteiger charge is -2.11. The Kier molecular flexibility index (Phi) is 6.67. The number of hydrogen-bond acceptors (Lipinski definition) is 3. The fourth-order valence-corrected chi connectivity index (χ4v) is 2.04. The summed E-state index contributed by atoms with van der Waals surface area (Å²) in [6, 6.07) is 6.33. The highest BCUT2D eigenvalue weighted by molar-refractivity contribution is 5.85. The summed E-state index contributed by atoms with van der Waals surface area (Å²) in [6.07, 6.45) is 0.834. The van der Waals surface area contributed by atoms with Gasteiger partial charge in [-0.1, -0.05) is 12.1 Å². The predicted octanol–water partition coefficient (Wildman–Crippen LogP) is 1.94. The van der Waals surface area contributed by atoms with Gasteiger partial charge in [-0.15, -0.1) is 12.4 Å². The predicted molar refractivity (Wildman–Crippen MR) is 73.1 cm³/mol. The summed E-state index contributed by atoms with van der Waals surface area (Å²) in [5.41, 5.74) is 0.734. The van der Waals surface area contributed by atoms with Crippen LogP contribution < -0.4 is 15.4 Å². The Bertz CT molecular complexity index is 440. The minimum atomic E-state index is -2.84. The van der Waals surface area contributed by atoms with Gasteiger partial charge in [-0.3, -0.25) is 4.79 Å². The smallest absolute Gasteiger partial charge is 0.387 e. The zero-order valence-corrected chi connectivity index (χ0v) is 11.6. The molecule has 1 saturated heterocycles. The standard InChI is InChI=1S/C13H16F2N2O2.ClH/c14-13(15)19-11-3-1-2-9(6-11)7-17-12(18)10-4-5-16-8-10;/h1-3,6,10,13,16H,4-5,7-8H2,(H,17,18);1H. The van der Waals surface area contributed by atoms with Crippen LogP contribution in [0.3, 0.4) is 0 Å². The van der Waals surface area contributed by atoms with E-state index in [0.29, 0.717) is 13.1 Å². The van der Waals surface area contributed by atoms with E-state index >= 15 is 0 Å². The molecule has 1 heterocycles. The Balaban J connectivity index is 0.00000200. The van der Waals surface area contributed by atoms with Crippen LogP contribution in [0.15, 0.2) is 24.3 Å². The molecule has 1 amide bonds. The zero-order chi connectivity index (χ0) is 13.7. The van der Waals surface area contributed by atoms with E-state index in [1.165, 1.54) is 12.1 Å². The van der Waals surface area contributed by atoms with E-state index in [4.69, 9.17) is 0 Å². The molecule has 1 atom stereocenters. The van der Waals surface area contributed by atoms with Crippen molar-refractivity contribution in [2.24, 2.45) is 5.92 Å². The third-order valence-corrected chi connectivity index (χ3v) is 3.02. The number of rotatable bonds is 5. The topological polar surface area (TPSA) is 50.4 Å². The summed E-state index contributed by atoms with van der Waals surface area (Å²) >= 11 is 0. The molecule has 1 aliphatic rings. The highest BCUT2D eigenvalue weighted by Crippen LogP contribution is 2.16. The molecular formula is C13H17ClF2N2O2. The number of carbonyl (C=O) groups excluding carboxylic acids is 1. The van der Waals surface area contributed by atoms with Crippen LogP contribution in [0, 0.1) is 5.92 Å². The minimum absolute atomic E-state index is 0. The first-order valence-corrected chi connectivity index (χ1v) is 6.17. The lowest BCUT2D eigenvalue weighted by atomic mass is 10.1. The second-order valence-electron chi connectivity index (χ2n) is 4.43. The Morgan fingerprint density at radius 1 is 1.50 bits per heavy atom. The van der Waals surface area contributed by atoms with Crippen LogP contribution in [0.25, 0.3) is 0 Å². The van der Waals surface area contributed by atoms with Gasteiger partial charge in [0.05, 0.1) is 5.92 Å². The Labute approximate surface area is 122 Å². The Hall–Kier alpha value is -1.40. The number of benzene rings is 1. The fourth-order valence-electron chi connectivity index (χ4n) is 2.04. The Morgan fingerprint density at radius 3 is 2.95 bits per heavy atom. The van der Waals surface area contributed by atoms with Gasteiger partial charge >= 0.3 is 6.61 Å². The summed E-state index contributed by atoms with van der Waals surface area (Å²) in [4.78, 5) is 11.8. The molecule has 1 unspecified atom stereocenters. The van der Waals surface area contributed by atoms with E-state index < -0.39 is 6.61 Å². The van der Waals surface area contributed by atoms with Crippen molar-refractivity contribution in [1.29, 1.82) is 0 Å². The van der Waals surface area contributed by atoms with Crippen LogP contribution in [0.5, 0.6) is 5.75 Å². The first-order chi connectivity index (χ1) is 9.15. The maximum absolute atomic E-state index is 12.1. The fraction of sp³-hybridized carbons (Fsp3) is 0.462. The second kappa shape index (κ2) is 8.01. The molecule has 1 fully saturated rings. The summed E-state index contributed by atoms with van der Waals surface area (Å²) < 4.78 is 28.4. The average molecular weight is 307 g/mol. The number of nitrogens with one attached hydrogen (secondary N) is 2. The van der Waals surface area contributed by atoms with E-state index in [-0.39, 0.29) is 30.0 Å². The van der Waals surface area contributed by atoms with Crippen LogP contribution in [0.1, 0.15) is 12.0 Å². The molecule has 0 saturated carbocycles. The van der Waals surface area contributed by atoms with E-state index in [1.54, 1.807) is 12.1 Å². The van der Waals surface area contributed by atoms with E-state index in [2.05, 4.69) is 15.4 Å². The molecule has 0 spiro atoms. The SMILES string of the molecule is Cl.O=C(NCc1cccc(OC(F)F)c1)C1CCNC1. The first kappa shape index (κ1) is 16.7. The second-order valence-corrected chi connectivity index (χ2v) is 4.43. The maximum Gasteiger partial charge on any atom is 0.387 e. The van der Waals surface area contributed by atoms with Crippen LogP contribution in [0.2, 0.25) is 0 Å². The van der Waals surface area contributed by atoms with E-state index in [9.17, 15) is 13.6 Å². The maximum atomic E-state index is 12.1. The van der Waals surface area contributed by atoms with Crippen molar-refractivity contribution < 1.29 is 18.3 Å². The summed E-state index contributed by atoms with van der Waals surface area (Å²) in [5.74, 6) is 0.0926. The number of halogens is 3. The van der Waals surface area contributed by atoms with Gasteiger partial charge in [0, 0.05) is 13.1 Å². The van der Waals surface area contributed by atoms with Crippen LogP contribution in [-0.4, -0.2) is 25.6 Å². The molecule has 7 heteroatoms. The van der Waals surface area contributed by atoms with Gasteiger partial charge in [-0.2, -0.15) is 8.78 Å². The highest BCUT2D eigenvalue weighted by atomic mass is 35.5. The lowest BCUT2D eigenvalue weighted by molar-refractivity contribution is -0.124. The Morgan fingerprint density at radius 2 is 2.30 bits per heavy atom. The molecule has 2 N–H and O–H groups in total. The summed E-state index contributed by atoms with van der Waals surface area (Å²) in [5, 5.41) is 5.92. The molecule has 0 aromatic heterocycles.